The monoisotopic (exact) mass is 329 g/mol. The molecule has 0 aliphatic carbocycles. The number of nitrogens with one attached hydrogen (secondary N) is 1. The summed E-state index contributed by atoms with van der Waals surface area (Å²) >= 11 is 0. The molecule has 0 saturated carbocycles. The van der Waals surface area contributed by atoms with Crippen LogP contribution in [0.1, 0.15) is 48.8 Å². The van der Waals surface area contributed by atoms with Gasteiger partial charge in [-0.3, -0.25) is 9.48 Å². The number of carboxylic acid groups (broad SMARTS) is 1. The Morgan fingerprint density at radius 3 is 2.42 bits per heavy atom. The molecule has 0 bridgehead atoms. The summed E-state index contributed by atoms with van der Waals surface area (Å²) in [4.78, 5) is 23.7. The summed E-state index contributed by atoms with van der Waals surface area (Å²) in [5.74, 6) is -1.53. The van der Waals surface area contributed by atoms with Gasteiger partial charge in [-0.2, -0.15) is 5.10 Å². The van der Waals surface area contributed by atoms with E-state index in [-0.39, 0.29) is 18.2 Å². The van der Waals surface area contributed by atoms with Crippen LogP contribution in [0, 0.1) is 0 Å². The summed E-state index contributed by atoms with van der Waals surface area (Å²) in [5, 5.41) is 16.2. The molecule has 0 spiro atoms. The van der Waals surface area contributed by atoms with Crippen LogP contribution in [0.2, 0.25) is 0 Å². The number of amides is 1. The smallest absolute Gasteiger partial charge is 0.326 e. The van der Waals surface area contributed by atoms with Gasteiger partial charge in [-0.05, 0) is 24.5 Å². The van der Waals surface area contributed by atoms with Gasteiger partial charge in [-0.15, -0.1) is 0 Å². The molecule has 0 aliphatic rings. The fourth-order valence-corrected chi connectivity index (χ4v) is 2.61. The van der Waals surface area contributed by atoms with Gasteiger partial charge >= 0.3 is 5.97 Å². The zero-order valence-corrected chi connectivity index (χ0v) is 14.0. The highest BCUT2D eigenvalue weighted by molar-refractivity contribution is 5.94. The quantitative estimate of drug-likeness (QED) is 0.780. The fourth-order valence-electron chi connectivity index (χ4n) is 2.61. The molecule has 6 heteroatoms. The fraction of sp³-hybridized carbons (Fsp3) is 0.389. The molecular weight excluding hydrogens is 306 g/mol. The summed E-state index contributed by atoms with van der Waals surface area (Å²) in [6, 6.07) is 10.1. The topological polar surface area (TPSA) is 84.2 Å². The zero-order valence-electron chi connectivity index (χ0n) is 14.0. The molecule has 0 fully saturated rings. The van der Waals surface area contributed by atoms with Crippen molar-refractivity contribution >= 4 is 11.9 Å². The molecule has 0 unspecified atom stereocenters. The van der Waals surface area contributed by atoms with E-state index in [0.717, 1.165) is 18.4 Å². The highest BCUT2D eigenvalue weighted by atomic mass is 16.4. The number of carbonyl (C=O) groups is 2. The van der Waals surface area contributed by atoms with E-state index in [1.807, 2.05) is 30.3 Å². The molecule has 0 radical (unpaired) electrons. The molecule has 1 aromatic heterocycles. The molecule has 1 aromatic carbocycles. The summed E-state index contributed by atoms with van der Waals surface area (Å²) in [6.07, 6.45) is 3.84. The van der Waals surface area contributed by atoms with Gasteiger partial charge in [0, 0.05) is 12.6 Å². The van der Waals surface area contributed by atoms with Gasteiger partial charge < -0.3 is 10.4 Å². The molecule has 6 nitrogen and oxygen atoms in total. The molecular formula is C18H23N3O3. The molecule has 128 valence electrons. The van der Waals surface area contributed by atoms with Crippen molar-refractivity contribution in [2.24, 2.45) is 0 Å². The van der Waals surface area contributed by atoms with E-state index >= 15 is 0 Å². The van der Waals surface area contributed by atoms with Crippen LogP contribution in [0.15, 0.2) is 42.6 Å². The van der Waals surface area contributed by atoms with Crippen LogP contribution in [0.3, 0.4) is 0 Å². The third kappa shape index (κ3) is 4.44. The van der Waals surface area contributed by atoms with Gasteiger partial charge in [0.1, 0.15) is 11.7 Å². The first kappa shape index (κ1) is 17.7. The Kier molecular flexibility index (Phi) is 6.12. The van der Waals surface area contributed by atoms with Gasteiger partial charge in [-0.25, -0.2) is 4.79 Å². The molecule has 2 aromatic rings. The average molecular weight is 329 g/mol. The Labute approximate surface area is 141 Å². The number of nitrogens with zero attached hydrogens (tertiary/aromatic N) is 2. The van der Waals surface area contributed by atoms with E-state index in [0.29, 0.717) is 0 Å². The van der Waals surface area contributed by atoms with Crippen molar-refractivity contribution in [1.82, 2.24) is 15.1 Å². The lowest BCUT2D eigenvalue weighted by Gasteiger charge is -2.14. The summed E-state index contributed by atoms with van der Waals surface area (Å²) in [7, 11) is 0. The summed E-state index contributed by atoms with van der Waals surface area (Å²) < 4.78 is 1.77. The molecule has 0 saturated heterocycles. The average Bonchev–Trinajstić information content (AvgIpc) is 3.06. The van der Waals surface area contributed by atoms with E-state index in [9.17, 15) is 14.7 Å². The Hall–Kier alpha value is -2.63. The second kappa shape index (κ2) is 8.29. The van der Waals surface area contributed by atoms with Crippen LogP contribution >= 0.6 is 0 Å². The van der Waals surface area contributed by atoms with Crippen LogP contribution in [0.5, 0.6) is 0 Å². The molecule has 1 amide bonds. The molecule has 1 atom stereocenters. The number of aromatic nitrogens is 2. The lowest BCUT2D eigenvalue weighted by atomic mass is 10.1. The van der Waals surface area contributed by atoms with Crippen LogP contribution in [0.25, 0.3) is 0 Å². The molecule has 2 rings (SSSR count). The van der Waals surface area contributed by atoms with Crippen molar-refractivity contribution in [2.75, 3.05) is 0 Å². The first-order valence-corrected chi connectivity index (χ1v) is 8.17. The number of hydrogen-bond acceptors (Lipinski definition) is 3. The van der Waals surface area contributed by atoms with Crippen LogP contribution in [-0.4, -0.2) is 32.8 Å². The molecule has 24 heavy (non-hydrogen) atoms. The molecule has 1 heterocycles. The second-order valence-electron chi connectivity index (χ2n) is 5.71. The van der Waals surface area contributed by atoms with Crippen LogP contribution in [-0.2, 0) is 11.2 Å². The van der Waals surface area contributed by atoms with Crippen molar-refractivity contribution in [3.05, 3.63) is 53.9 Å². The molecule has 0 aliphatic heterocycles. The van der Waals surface area contributed by atoms with Gasteiger partial charge in [0.05, 0.1) is 6.04 Å². The third-order valence-corrected chi connectivity index (χ3v) is 4.04. The number of carbonyl (C=O) groups excluding carboxylic acids is 1. The maximum absolute atomic E-state index is 12.3. The first-order valence-electron chi connectivity index (χ1n) is 8.17. The number of aliphatic carboxylic acids is 1. The lowest BCUT2D eigenvalue weighted by molar-refractivity contribution is -0.139. The summed E-state index contributed by atoms with van der Waals surface area (Å²) in [6.45, 7) is 4.13. The predicted octanol–water partition coefficient (Wildman–Crippen LogP) is 2.67. The normalized spacial score (nSPS) is 12.1. The van der Waals surface area contributed by atoms with Crippen molar-refractivity contribution in [3.63, 3.8) is 0 Å². The van der Waals surface area contributed by atoms with Crippen molar-refractivity contribution < 1.29 is 14.7 Å². The van der Waals surface area contributed by atoms with Gasteiger partial charge in [-0.1, -0.05) is 44.2 Å². The standard InChI is InChI=1S/C18H23N3O3/c1-3-14(4-2)21-11-10-15(20-21)17(22)19-16(18(23)24)12-13-8-6-5-7-9-13/h5-11,14,16H,3-4,12H2,1-2H3,(H,19,22)(H,23,24)/t16-/m1/s1. The van der Waals surface area contributed by atoms with E-state index in [1.54, 1.807) is 16.9 Å². The van der Waals surface area contributed by atoms with Crippen molar-refractivity contribution in [3.8, 4) is 0 Å². The number of hydrogen-bond donors (Lipinski definition) is 2. The number of rotatable bonds is 8. The van der Waals surface area contributed by atoms with E-state index in [4.69, 9.17) is 0 Å². The predicted molar refractivity (Wildman–Crippen MR) is 90.9 cm³/mol. The largest absolute Gasteiger partial charge is 0.480 e. The zero-order chi connectivity index (χ0) is 17.5. The highest BCUT2D eigenvalue weighted by Crippen LogP contribution is 2.14. The third-order valence-electron chi connectivity index (χ3n) is 4.04. The van der Waals surface area contributed by atoms with Gasteiger partial charge in [0.25, 0.3) is 5.91 Å². The van der Waals surface area contributed by atoms with E-state index in [1.165, 1.54) is 0 Å². The highest BCUT2D eigenvalue weighted by Gasteiger charge is 2.22. The second-order valence-corrected chi connectivity index (χ2v) is 5.71. The summed E-state index contributed by atoms with van der Waals surface area (Å²) in [5.41, 5.74) is 1.09. The Morgan fingerprint density at radius 2 is 1.83 bits per heavy atom. The van der Waals surface area contributed by atoms with Gasteiger partial charge in [0.2, 0.25) is 0 Å². The minimum atomic E-state index is -1.06. The van der Waals surface area contributed by atoms with Crippen LogP contribution < -0.4 is 5.32 Å². The number of benzene rings is 1. The van der Waals surface area contributed by atoms with Gasteiger partial charge in [0.15, 0.2) is 0 Å². The van der Waals surface area contributed by atoms with Crippen molar-refractivity contribution in [1.29, 1.82) is 0 Å². The van der Waals surface area contributed by atoms with E-state index in [2.05, 4.69) is 24.3 Å². The minimum absolute atomic E-state index is 0.231. The maximum atomic E-state index is 12.3. The minimum Gasteiger partial charge on any atom is -0.480 e. The van der Waals surface area contributed by atoms with E-state index < -0.39 is 17.9 Å². The Morgan fingerprint density at radius 1 is 1.17 bits per heavy atom. The Balaban J connectivity index is 2.07. The lowest BCUT2D eigenvalue weighted by Crippen LogP contribution is -2.42. The Bertz CT molecular complexity index is 678. The van der Waals surface area contributed by atoms with Crippen molar-refractivity contribution in [2.45, 2.75) is 45.2 Å². The first-order chi connectivity index (χ1) is 11.5. The number of carboxylic acids is 1. The van der Waals surface area contributed by atoms with Crippen LogP contribution in [0.4, 0.5) is 0 Å². The molecule has 2 N–H and O–H groups in total. The maximum Gasteiger partial charge on any atom is 0.326 e. The SMILES string of the molecule is CCC(CC)n1ccc(C(=O)N[C@H](Cc2ccccc2)C(=O)O)n1.